The first-order valence-electron chi connectivity index (χ1n) is 8.72. The van der Waals surface area contributed by atoms with Gasteiger partial charge in [-0.25, -0.2) is 0 Å². The number of unbranched alkanes of at least 4 members (excludes halogenated alkanes) is 1. The van der Waals surface area contributed by atoms with E-state index in [1.807, 2.05) is 0 Å². The van der Waals surface area contributed by atoms with Crippen molar-refractivity contribution in [3.8, 4) is 0 Å². The molecule has 126 valence electrons. The lowest BCUT2D eigenvalue weighted by molar-refractivity contribution is 0.0117. The molecule has 21 heavy (non-hydrogen) atoms. The van der Waals surface area contributed by atoms with E-state index in [-0.39, 0.29) is 0 Å². The van der Waals surface area contributed by atoms with Crippen LogP contribution >= 0.6 is 15.9 Å². The fourth-order valence-electron chi connectivity index (χ4n) is 2.69. The van der Waals surface area contributed by atoms with Gasteiger partial charge in [-0.15, -0.1) is 0 Å². The molecule has 0 aliphatic heterocycles. The molecule has 0 heterocycles. The van der Waals surface area contributed by atoms with Gasteiger partial charge in [0, 0.05) is 18.0 Å². The molecular formula is C17H33BrO3. The van der Waals surface area contributed by atoms with Crippen molar-refractivity contribution in [3.05, 3.63) is 0 Å². The number of ether oxygens (including phenoxy) is 3. The lowest BCUT2D eigenvalue weighted by Crippen LogP contribution is -2.16. The molecule has 0 radical (unpaired) electrons. The Labute approximate surface area is 139 Å². The van der Waals surface area contributed by atoms with Gasteiger partial charge < -0.3 is 14.2 Å². The molecule has 3 nitrogen and oxygen atoms in total. The SMILES string of the molecule is CCCCOCCOCCOCCC1CCCCCC1Br. The van der Waals surface area contributed by atoms with Crippen LogP contribution in [-0.4, -0.2) is 44.5 Å². The van der Waals surface area contributed by atoms with E-state index in [0.717, 1.165) is 25.6 Å². The van der Waals surface area contributed by atoms with Gasteiger partial charge in [0.2, 0.25) is 0 Å². The van der Waals surface area contributed by atoms with Gasteiger partial charge in [0.15, 0.2) is 0 Å². The van der Waals surface area contributed by atoms with Crippen molar-refractivity contribution in [2.24, 2.45) is 5.92 Å². The first kappa shape index (κ1) is 19.4. The van der Waals surface area contributed by atoms with E-state index in [4.69, 9.17) is 14.2 Å². The van der Waals surface area contributed by atoms with Crippen LogP contribution in [-0.2, 0) is 14.2 Å². The molecule has 0 spiro atoms. The van der Waals surface area contributed by atoms with Crippen LogP contribution in [0.2, 0.25) is 0 Å². The Hall–Kier alpha value is 0.360. The molecule has 0 aromatic carbocycles. The van der Waals surface area contributed by atoms with E-state index >= 15 is 0 Å². The number of alkyl halides is 1. The minimum atomic E-state index is 0.680. The first-order chi connectivity index (χ1) is 10.3. The molecule has 2 atom stereocenters. The van der Waals surface area contributed by atoms with Crippen molar-refractivity contribution in [2.75, 3.05) is 39.6 Å². The third kappa shape index (κ3) is 10.7. The van der Waals surface area contributed by atoms with Crippen molar-refractivity contribution >= 4 is 15.9 Å². The molecule has 4 heteroatoms. The summed E-state index contributed by atoms with van der Waals surface area (Å²) in [7, 11) is 0. The Balaban J connectivity index is 1.83. The fourth-order valence-corrected chi connectivity index (χ4v) is 3.54. The molecule has 1 fully saturated rings. The lowest BCUT2D eigenvalue weighted by atomic mass is 9.97. The quantitative estimate of drug-likeness (QED) is 0.288. The molecule has 0 aromatic heterocycles. The van der Waals surface area contributed by atoms with Gasteiger partial charge in [-0.05, 0) is 31.6 Å². The maximum atomic E-state index is 5.68. The van der Waals surface area contributed by atoms with Crippen molar-refractivity contribution in [1.82, 2.24) is 0 Å². The van der Waals surface area contributed by atoms with E-state index < -0.39 is 0 Å². The summed E-state index contributed by atoms with van der Waals surface area (Å²) in [6.07, 6.45) is 10.3. The Morgan fingerprint density at radius 3 is 2.14 bits per heavy atom. The second kappa shape index (κ2) is 14.0. The maximum absolute atomic E-state index is 5.68. The van der Waals surface area contributed by atoms with Crippen molar-refractivity contribution in [3.63, 3.8) is 0 Å². The van der Waals surface area contributed by atoms with Gasteiger partial charge in [0.05, 0.1) is 26.4 Å². The van der Waals surface area contributed by atoms with Crippen LogP contribution in [0.3, 0.4) is 0 Å². The fraction of sp³-hybridized carbons (Fsp3) is 1.00. The van der Waals surface area contributed by atoms with Crippen molar-refractivity contribution in [1.29, 1.82) is 0 Å². The van der Waals surface area contributed by atoms with Gasteiger partial charge in [0.25, 0.3) is 0 Å². The van der Waals surface area contributed by atoms with E-state index in [1.165, 1.54) is 44.9 Å². The first-order valence-corrected chi connectivity index (χ1v) is 9.63. The van der Waals surface area contributed by atoms with E-state index in [1.54, 1.807) is 0 Å². The summed E-state index contributed by atoms with van der Waals surface area (Å²) in [6.45, 7) is 6.65. The van der Waals surface area contributed by atoms with Crippen LogP contribution < -0.4 is 0 Å². The van der Waals surface area contributed by atoms with Crippen molar-refractivity contribution in [2.45, 2.75) is 63.1 Å². The largest absolute Gasteiger partial charge is 0.379 e. The third-order valence-electron chi connectivity index (χ3n) is 4.09. The highest BCUT2D eigenvalue weighted by Gasteiger charge is 2.20. The van der Waals surface area contributed by atoms with Crippen LogP contribution in [0.15, 0.2) is 0 Å². The zero-order chi connectivity index (χ0) is 15.2. The Morgan fingerprint density at radius 1 is 0.810 bits per heavy atom. The minimum absolute atomic E-state index is 0.680. The van der Waals surface area contributed by atoms with E-state index in [9.17, 15) is 0 Å². The van der Waals surface area contributed by atoms with Gasteiger partial charge in [-0.2, -0.15) is 0 Å². The van der Waals surface area contributed by atoms with Gasteiger partial charge in [-0.1, -0.05) is 48.5 Å². The molecule has 1 aliphatic rings. The molecule has 1 aliphatic carbocycles. The number of hydrogen-bond acceptors (Lipinski definition) is 3. The molecule has 0 aromatic rings. The van der Waals surface area contributed by atoms with Crippen LogP contribution in [0, 0.1) is 5.92 Å². The molecule has 0 saturated heterocycles. The highest BCUT2D eigenvalue weighted by molar-refractivity contribution is 9.09. The molecule has 1 rings (SSSR count). The van der Waals surface area contributed by atoms with Gasteiger partial charge in [-0.3, -0.25) is 0 Å². The average molecular weight is 365 g/mol. The zero-order valence-corrected chi connectivity index (χ0v) is 15.2. The smallest absolute Gasteiger partial charge is 0.0701 e. The number of hydrogen-bond donors (Lipinski definition) is 0. The highest BCUT2D eigenvalue weighted by Crippen LogP contribution is 2.30. The summed E-state index contributed by atoms with van der Waals surface area (Å²) in [6, 6.07) is 0. The molecule has 2 unspecified atom stereocenters. The lowest BCUT2D eigenvalue weighted by Gasteiger charge is -2.19. The third-order valence-corrected chi connectivity index (χ3v) is 5.29. The Morgan fingerprint density at radius 2 is 1.43 bits per heavy atom. The normalized spacial score (nSPS) is 23.1. The molecule has 0 N–H and O–H groups in total. The van der Waals surface area contributed by atoms with Crippen LogP contribution in [0.5, 0.6) is 0 Å². The summed E-state index contributed by atoms with van der Waals surface area (Å²) in [5.41, 5.74) is 0. The van der Waals surface area contributed by atoms with Crippen LogP contribution in [0.25, 0.3) is 0 Å². The number of halogens is 1. The van der Waals surface area contributed by atoms with Gasteiger partial charge >= 0.3 is 0 Å². The molecule has 0 bridgehead atoms. The van der Waals surface area contributed by atoms with Gasteiger partial charge in [0.1, 0.15) is 0 Å². The Kier molecular flexibility index (Phi) is 12.9. The zero-order valence-electron chi connectivity index (χ0n) is 13.7. The van der Waals surface area contributed by atoms with E-state index in [0.29, 0.717) is 31.3 Å². The monoisotopic (exact) mass is 364 g/mol. The summed E-state index contributed by atoms with van der Waals surface area (Å²) in [5.74, 6) is 0.792. The van der Waals surface area contributed by atoms with Crippen LogP contribution in [0.4, 0.5) is 0 Å². The second-order valence-electron chi connectivity index (χ2n) is 5.89. The van der Waals surface area contributed by atoms with Crippen molar-refractivity contribution < 1.29 is 14.2 Å². The van der Waals surface area contributed by atoms with Crippen LogP contribution in [0.1, 0.15) is 58.3 Å². The Bertz CT molecular complexity index is 226. The summed E-state index contributed by atoms with van der Waals surface area (Å²) in [5, 5.41) is 0. The standard InChI is InChI=1S/C17H33BrO3/c1-2-3-10-19-12-14-21-15-13-20-11-9-16-7-5-4-6-8-17(16)18/h16-17H,2-15H2,1H3. The number of rotatable bonds is 12. The van der Waals surface area contributed by atoms with E-state index in [2.05, 4.69) is 22.9 Å². The summed E-state index contributed by atoms with van der Waals surface area (Å²) >= 11 is 3.84. The minimum Gasteiger partial charge on any atom is -0.379 e. The molecule has 0 amide bonds. The second-order valence-corrected chi connectivity index (χ2v) is 7.07. The topological polar surface area (TPSA) is 27.7 Å². The summed E-state index contributed by atoms with van der Waals surface area (Å²) < 4.78 is 16.6. The predicted octanol–water partition coefficient (Wildman–Crippen LogP) is 4.57. The summed E-state index contributed by atoms with van der Waals surface area (Å²) in [4.78, 5) is 0.695. The predicted molar refractivity (Wildman–Crippen MR) is 91.3 cm³/mol. The molecular weight excluding hydrogens is 332 g/mol. The highest BCUT2D eigenvalue weighted by atomic mass is 79.9. The molecule has 1 saturated carbocycles. The average Bonchev–Trinajstić information content (AvgIpc) is 2.69. The maximum Gasteiger partial charge on any atom is 0.0701 e.